The van der Waals surface area contributed by atoms with Crippen molar-refractivity contribution in [2.75, 3.05) is 32.6 Å². The highest BCUT2D eigenvalue weighted by Crippen LogP contribution is 2.22. The summed E-state index contributed by atoms with van der Waals surface area (Å²) in [6.07, 6.45) is 1.16. The van der Waals surface area contributed by atoms with Crippen molar-refractivity contribution < 1.29 is 13.2 Å². The maximum absolute atomic E-state index is 11.1. The normalized spacial score (nSPS) is 15.4. The van der Waals surface area contributed by atoms with Crippen molar-refractivity contribution in [3.8, 4) is 0 Å². The van der Waals surface area contributed by atoms with Crippen molar-refractivity contribution in [2.24, 2.45) is 0 Å². The number of nitrogens with zero attached hydrogens (tertiary/aromatic N) is 1. The number of hydrogen-bond donors (Lipinski definition) is 1. The van der Waals surface area contributed by atoms with E-state index >= 15 is 0 Å². The number of sulfone groups is 1. The summed E-state index contributed by atoms with van der Waals surface area (Å²) in [6.45, 7) is 5.55. The van der Waals surface area contributed by atoms with Crippen molar-refractivity contribution in [2.45, 2.75) is 12.7 Å². The third-order valence-corrected chi connectivity index (χ3v) is 3.95. The molecule has 8 heteroatoms. The lowest BCUT2D eigenvalue weighted by Gasteiger charge is -2.10. The Labute approximate surface area is 129 Å². The van der Waals surface area contributed by atoms with E-state index in [1.165, 1.54) is 6.07 Å². The van der Waals surface area contributed by atoms with E-state index in [9.17, 15) is 8.42 Å². The first-order valence-corrected chi connectivity index (χ1v) is 8.89. The molecule has 1 aliphatic rings. The van der Waals surface area contributed by atoms with Crippen molar-refractivity contribution in [3.63, 3.8) is 0 Å². The van der Waals surface area contributed by atoms with Crippen LogP contribution in [-0.2, 0) is 20.3 Å². The van der Waals surface area contributed by atoms with Gasteiger partial charge >= 0.3 is 0 Å². The van der Waals surface area contributed by atoms with Gasteiger partial charge in [-0.25, -0.2) is 13.4 Å². The topological polar surface area (TPSA) is 68.3 Å². The highest BCUT2D eigenvalue weighted by atomic mass is 35.5. The molecule has 1 aromatic heterocycles. The number of hydrogen-bond acceptors (Lipinski definition) is 5. The van der Waals surface area contributed by atoms with Crippen LogP contribution in [0, 0.1) is 6.92 Å². The fourth-order valence-corrected chi connectivity index (χ4v) is 2.88. The second-order valence-electron chi connectivity index (χ2n) is 4.45. The largest absolute Gasteiger partial charge is 0.379 e. The molecule has 5 nitrogen and oxygen atoms in total. The van der Waals surface area contributed by atoms with Gasteiger partial charge in [-0.05, 0) is 24.1 Å². The molecule has 2 rings (SSSR count). The predicted octanol–water partition coefficient (Wildman–Crippen LogP) is 1.85. The van der Waals surface area contributed by atoms with E-state index in [0.29, 0.717) is 11.1 Å². The average Bonchev–Trinajstić information content (AvgIpc) is 2.36. The molecule has 114 valence electrons. The fourth-order valence-electron chi connectivity index (χ4n) is 1.54. The minimum Gasteiger partial charge on any atom is -0.379 e. The van der Waals surface area contributed by atoms with Crippen LogP contribution in [0.2, 0.25) is 10.3 Å². The second-order valence-corrected chi connectivity index (χ2v) is 7.34. The van der Waals surface area contributed by atoms with Gasteiger partial charge in [0.2, 0.25) is 0 Å². The van der Waals surface area contributed by atoms with Gasteiger partial charge in [-0.1, -0.05) is 23.2 Å². The lowest BCUT2D eigenvalue weighted by molar-refractivity contribution is 0.109. The number of ether oxygens (including phenoxy) is 1. The van der Waals surface area contributed by atoms with Crippen LogP contribution < -0.4 is 5.32 Å². The van der Waals surface area contributed by atoms with Gasteiger partial charge in [0.1, 0.15) is 10.3 Å². The number of pyridine rings is 1. The second kappa shape index (κ2) is 8.14. The number of morpholine rings is 1. The molecule has 2 heterocycles. The molecule has 1 saturated heterocycles. The Bertz CT molecular complexity index is 534. The molecule has 0 aliphatic carbocycles. The van der Waals surface area contributed by atoms with Crippen molar-refractivity contribution >= 4 is 33.0 Å². The van der Waals surface area contributed by atoms with E-state index in [-0.39, 0.29) is 16.1 Å². The van der Waals surface area contributed by atoms with E-state index in [1.807, 2.05) is 0 Å². The van der Waals surface area contributed by atoms with Gasteiger partial charge < -0.3 is 10.1 Å². The molecule has 0 bridgehead atoms. The molecule has 0 spiro atoms. The predicted molar refractivity (Wildman–Crippen MR) is 81.2 cm³/mol. The number of rotatable bonds is 2. The molecular formula is C12H18Cl2N2O3S. The maximum atomic E-state index is 11.1. The quantitative estimate of drug-likeness (QED) is 0.832. The summed E-state index contributed by atoms with van der Waals surface area (Å²) >= 11 is 11.4. The van der Waals surface area contributed by atoms with Gasteiger partial charge in [0.05, 0.1) is 19.0 Å². The first-order valence-electron chi connectivity index (χ1n) is 6.07. The van der Waals surface area contributed by atoms with Crippen LogP contribution in [0.3, 0.4) is 0 Å². The Morgan fingerprint density at radius 3 is 2.35 bits per heavy atom. The molecule has 1 N–H and O–H groups in total. The van der Waals surface area contributed by atoms with Crippen molar-refractivity contribution in [1.82, 2.24) is 10.3 Å². The summed E-state index contributed by atoms with van der Waals surface area (Å²) in [5.41, 5.74) is 1.25. The zero-order valence-electron chi connectivity index (χ0n) is 11.4. The van der Waals surface area contributed by atoms with E-state index < -0.39 is 9.84 Å². The molecule has 0 radical (unpaired) electrons. The Balaban J connectivity index is 0.000000276. The molecule has 0 aromatic carbocycles. The van der Waals surface area contributed by atoms with Crippen LogP contribution in [0.1, 0.15) is 11.1 Å². The summed E-state index contributed by atoms with van der Waals surface area (Å²) in [4.78, 5) is 3.80. The number of nitrogens with one attached hydrogen (secondary N) is 1. The third kappa shape index (κ3) is 6.85. The Morgan fingerprint density at radius 1 is 1.35 bits per heavy atom. The smallest absolute Gasteiger partial charge is 0.151 e. The summed E-state index contributed by atoms with van der Waals surface area (Å²) in [5.74, 6) is -0.0687. The number of aromatic nitrogens is 1. The lowest BCUT2D eigenvalue weighted by atomic mass is 10.2. The highest BCUT2D eigenvalue weighted by Gasteiger charge is 2.11. The van der Waals surface area contributed by atoms with Crippen LogP contribution in [0.5, 0.6) is 0 Å². The van der Waals surface area contributed by atoms with E-state index in [1.54, 1.807) is 6.92 Å². The molecular weight excluding hydrogens is 323 g/mol. The fraction of sp³-hybridized carbons (Fsp3) is 0.583. The standard InChI is InChI=1S/C8H9Cl2NO2S.C4H9NO/c1-5-6(4-14(2,12)13)3-7(9)11-8(5)10;1-3-6-4-2-5-1/h3H,4H2,1-2H3;5H,1-4H2. The lowest BCUT2D eigenvalue weighted by Crippen LogP contribution is -2.30. The first kappa shape index (κ1) is 17.7. The van der Waals surface area contributed by atoms with Crippen LogP contribution >= 0.6 is 23.2 Å². The van der Waals surface area contributed by atoms with Crippen LogP contribution in [0.4, 0.5) is 0 Å². The van der Waals surface area contributed by atoms with Gasteiger partial charge in [-0.2, -0.15) is 0 Å². The zero-order chi connectivity index (χ0) is 15.2. The molecule has 0 atom stereocenters. The molecule has 1 aliphatic heterocycles. The van der Waals surface area contributed by atoms with E-state index in [2.05, 4.69) is 10.3 Å². The van der Waals surface area contributed by atoms with Gasteiger partial charge in [-0.3, -0.25) is 0 Å². The summed E-state index contributed by atoms with van der Waals surface area (Å²) in [6, 6.07) is 1.52. The van der Waals surface area contributed by atoms with E-state index in [4.69, 9.17) is 27.9 Å². The van der Waals surface area contributed by atoms with Gasteiger partial charge in [0, 0.05) is 19.3 Å². The molecule has 1 fully saturated rings. The molecule has 0 unspecified atom stereocenters. The molecule has 20 heavy (non-hydrogen) atoms. The average molecular weight is 341 g/mol. The number of halogens is 2. The van der Waals surface area contributed by atoms with E-state index in [0.717, 1.165) is 32.6 Å². The minimum absolute atomic E-state index is 0.0687. The SMILES string of the molecule is C1COCCN1.Cc1c(CS(C)(=O)=O)cc(Cl)nc1Cl. The van der Waals surface area contributed by atoms with Gasteiger partial charge in [-0.15, -0.1) is 0 Å². The molecule has 0 saturated carbocycles. The molecule has 1 aromatic rings. The summed E-state index contributed by atoms with van der Waals surface area (Å²) in [5, 5.41) is 3.61. The monoisotopic (exact) mass is 340 g/mol. The highest BCUT2D eigenvalue weighted by molar-refractivity contribution is 7.89. The third-order valence-electron chi connectivity index (χ3n) is 2.55. The van der Waals surface area contributed by atoms with Gasteiger partial charge in [0.25, 0.3) is 0 Å². The van der Waals surface area contributed by atoms with Crippen molar-refractivity contribution in [1.29, 1.82) is 0 Å². The summed E-state index contributed by atoms with van der Waals surface area (Å²) in [7, 11) is -3.08. The maximum Gasteiger partial charge on any atom is 0.151 e. The Morgan fingerprint density at radius 2 is 1.95 bits per heavy atom. The van der Waals surface area contributed by atoms with Crippen molar-refractivity contribution in [3.05, 3.63) is 27.5 Å². The van der Waals surface area contributed by atoms with Crippen LogP contribution in [-0.4, -0.2) is 46.0 Å². The summed E-state index contributed by atoms with van der Waals surface area (Å²) < 4.78 is 27.1. The van der Waals surface area contributed by atoms with Crippen LogP contribution in [0.25, 0.3) is 0 Å². The Hall–Kier alpha value is -0.400. The zero-order valence-corrected chi connectivity index (χ0v) is 13.8. The Kier molecular flexibility index (Phi) is 7.19. The molecule has 0 amide bonds. The minimum atomic E-state index is -3.08. The first-order chi connectivity index (χ1) is 9.29. The van der Waals surface area contributed by atoms with Crippen LogP contribution in [0.15, 0.2) is 6.07 Å². The van der Waals surface area contributed by atoms with Gasteiger partial charge in [0.15, 0.2) is 9.84 Å².